The number of hydrogen-bond acceptors (Lipinski definition) is 9. The predicted molar refractivity (Wildman–Crippen MR) is 59.7 cm³/mol. The third-order valence-electron chi connectivity index (χ3n) is 3.00. The third kappa shape index (κ3) is 1.81. The summed E-state index contributed by atoms with van der Waals surface area (Å²) in [6.07, 6.45) is -2.90. The molecule has 0 spiro atoms. The van der Waals surface area contributed by atoms with Gasteiger partial charge in [-0.05, 0) is 0 Å². The summed E-state index contributed by atoms with van der Waals surface area (Å²) in [5.41, 5.74) is 5.81. The van der Waals surface area contributed by atoms with E-state index in [2.05, 4.69) is 20.3 Å². The van der Waals surface area contributed by atoms with Gasteiger partial charge in [0.2, 0.25) is 5.95 Å². The molecule has 1 aliphatic rings. The molecule has 1 aliphatic heterocycles. The lowest BCUT2D eigenvalue weighted by Crippen LogP contribution is -2.32. The molecular weight excluding hydrogens is 256 g/mol. The van der Waals surface area contributed by atoms with Gasteiger partial charge in [0.05, 0.1) is 12.8 Å². The number of nitrogens with zero attached hydrogens (tertiary/aromatic N) is 5. The first-order valence-electron chi connectivity index (χ1n) is 5.58. The van der Waals surface area contributed by atoms with E-state index in [9.17, 15) is 10.2 Å². The first kappa shape index (κ1) is 12.2. The Morgan fingerprint density at radius 2 is 2.11 bits per heavy atom. The van der Waals surface area contributed by atoms with Crippen LogP contribution in [-0.4, -0.2) is 65.0 Å². The zero-order valence-corrected chi connectivity index (χ0v) is 9.66. The molecule has 10 nitrogen and oxygen atoms in total. The van der Waals surface area contributed by atoms with Crippen molar-refractivity contribution >= 4 is 11.6 Å². The summed E-state index contributed by atoms with van der Waals surface area (Å²) in [7, 11) is 0. The minimum atomic E-state index is -1.24. The van der Waals surface area contributed by atoms with E-state index in [-0.39, 0.29) is 11.8 Å². The highest BCUT2D eigenvalue weighted by atomic mass is 16.6. The maximum Gasteiger partial charge on any atom is 0.238 e. The normalized spacial score (nSPS) is 31.1. The number of nitrogen functional groups attached to an aromatic ring is 1. The zero-order chi connectivity index (χ0) is 13.6. The van der Waals surface area contributed by atoms with Crippen molar-refractivity contribution in [3.05, 3.63) is 12.0 Å². The van der Waals surface area contributed by atoms with Gasteiger partial charge in [-0.2, -0.15) is 4.52 Å². The summed E-state index contributed by atoms with van der Waals surface area (Å²) in [6.45, 7) is -0.414. The van der Waals surface area contributed by atoms with Gasteiger partial charge in [0.1, 0.15) is 24.4 Å². The Bertz CT molecular complexity index is 603. The number of hydrogen-bond donors (Lipinski definition) is 4. The molecule has 0 aliphatic carbocycles. The largest absolute Gasteiger partial charge is 0.394 e. The Kier molecular flexibility index (Phi) is 2.78. The van der Waals surface area contributed by atoms with Crippen LogP contribution in [0, 0.1) is 0 Å². The molecular formula is C9H12N6O4. The number of anilines is 1. The smallest absolute Gasteiger partial charge is 0.238 e. The number of aliphatic hydroxyl groups is 3. The van der Waals surface area contributed by atoms with Crippen molar-refractivity contribution in [3.63, 3.8) is 0 Å². The monoisotopic (exact) mass is 268 g/mol. The van der Waals surface area contributed by atoms with Gasteiger partial charge in [-0.15, -0.1) is 15.3 Å². The van der Waals surface area contributed by atoms with Gasteiger partial charge in [0.25, 0.3) is 0 Å². The second-order valence-electron chi connectivity index (χ2n) is 4.20. The Morgan fingerprint density at radius 1 is 1.32 bits per heavy atom. The Labute approximate surface area is 106 Å². The molecule has 3 rings (SSSR count). The van der Waals surface area contributed by atoms with Gasteiger partial charge in [-0.1, -0.05) is 0 Å². The minimum Gasteiger partial charge on any atom is -0.394 e. The molecule has 0 unspecified atom stereocenters. The van der Waals surface area contributed by atoms with Crippen molar-refractivity contribution in [2.45, 2.75) is 24.4 Å². The fraction of sp³-hybridized carbons (Fsp3) is 0.556. The van der Waals surface area contributed by atoms with Crippen LogP contribution in [-0.2, 0) is 4.74 Å². The standard InChI is InChI=1S/C9H12N6O4/c10-9-11-1-4-12-13-8(15(4)14-9)7-6(18)5(17)3(2-16)19-7/h1,3,5-7,16-18H,2H2,(H2,10,14)/t3-,5-,6-,7-/m1/s1. The average Bonchev–Trinajstić information content (AvgIpc) is 2.92. The second kappa shape index (κ2) is 4.35. The predicted octanol–water partition coefficient (Wildman–Crippen LogP) is -2.74. The molecule has 0 bridgehead atoms. The molecule has 2 aromatic rings. The lowest BCUT2D eigenvalue weighted by molar-refractivity contribution is -0.0258. The molecule has 3 heterocycles. The van der Waals surface area contributed by atoms with E-state index in [1.807, 2.05) is 0 Å². The quantitative estimate of drug-likeness (QED) is 0.454. The minimum absolute atomic E-state index is 0.0142. The van der Waals surface area contributed by atoms with Gasteiger partial charge in [-0.25, -0.2) is 4.98 Å². The van der Waals surface area contributed by atoms with Crippen LogP contribution in [0.4, 0.5) is 5.95 Å². The highest BCUT2D eigenvalue weighted by Gasteiger charge is 2.45. The Morgan fingerprint density at radius 3 is 2.79 bits per heavy atom. The van der Waals surface area contributed by atoms with Crippen molar-refractivity contribution < 1.29 is 20.1 Å². The van der Waals surface area contributed by atoms with Crippen molar-refractivity contribution in [2.75, 3.05) is 12.3 Å². The van der Waals surface area contributed by atoms with Crippen LogP contribution in [0.2, 0.25) is 0 Å². The summed E-state index contributed by atoms with van der Waals surface area (Å²) < 4.78 is 6.63. The van der Waals surface area contributed by atoms with E-state index < -0.39 is 31.0 Å². The number of ether oxygens (including phenoxy) is 1. The SMILES string of the molecule is Nc1ncc2nnc([C@@H]3O[C@H](CO)[C@@H](O)[C@H]3O)n2n1. The Hall–Kier alpha value is -1.88. The van der Waals surface area contributed by atoms with Crippen molar-refractivity contribution in [1.82, 2.24) is 24.8 Å². The summed E-state index contributed by atoms with van der Waals surface area (Å²) in [4.78, 5) is 3.76. The third-order valence-corrected chi connectivity index (χ3v) is 3.00. The molecule has 0 radical (unpaired) electrons. The summed E-state index contributed by atoms with van der Waals surface area (Å²) in [6, 6.07) is 0. The maximum atomic E-state index is 9.92. The van der Waals surface area contributed by atoms with Gasteiger partial charge >= 0.3 is 0 Å². The first-order chi connectivity index (χ1) is 9.11. The molecule has 0 amide bonds. The first-order valence-corrected chi connectivity index (χ1v) is 5.58. The highest BCUT2D eigenvalue weighted by Crippen LogP contribution is 2.32. The summed E-state index contributed by atoms with van der Waals surface area (Å²) >= 11 is 0. The molecule has 0 saturated carbocycles. The van der Waals surface area contributed by atoms with Crippen LogP contribution >= 0.6 is 0 Å². The van der Waals surface area contributed by atoms with Gasteiger partial charge < -0.3 is 25.8 Å². The molecule has 1 fully saturated rings. The van der Waals surface area contributed by atoms with E-state index in [0.717, 1.165) is 0 Å². The van der Waals surface area contributed by atoms with Crippen molar-refractivity contribution in [1.29, 1.82) is 0 Å². The molecule has 4 atom stereocenters. The molecule has 5 N–H and O–H groups in total. The van der Waals surface area contributed by atoms with Crippen LogP contribution in [0.15, 0.2) is 6.20 Å². The zero-order valence-electron chi connectivity index (χ0n) is 9.66. The van der Waals surface area contributed by atoms with E-state index in [0.29, 0.717) is 5.65 Å². The van der Waals surface area contributed by atoms with Crippen LogP contribution in [0.25, 0.3) is 5.65 Å². The van der Waals surface area contributed by atoms with Crippen LogP contribution < -0.4 is 5.73 Å². The summed E-state index contributed by atoms with van der Waals surface area (Å²) in [5, 5.41) is 40.2. The average molecular weight is 268 g/mol. The number of fused-ring (bicyclic) bond motifs is 1. The van der Waals surface area contributed by atoms with Gasteiger partial charge in [-0.3, -0.25) is 0 Å². The number of aliphatic hydroxyl groups excluding tert-OH is 3. The van der Waals surface area contributed by atoms with Gasteiger partial charge in [0, 0.05) is 0 Å². The fourth-order valence-electron chi connectivity index (χ4n) is 2.03. The molecule has 2 aromatic heterocycles. The fourth-order valence-corrected chi connectivity index (χ4v) is 2.03. The van der Waals surface area contributed by atoms with Crippen molar-refractivity contribution in [2.24, 2.45) is 0 Å². The number of nitrogens with two attached hydrogens (primary N) is 1. The highest BCUT2D eigenvalue weighted by molar-refractivity contribution is 5.35. The Balaban J connectivity index is 2.03. The maximum absolute atomic E-state index is 9.92. The van der Waals surface area contributed by atoms with E-state index in [1.165, 1.54) is 10.7 Å². The molecule has 102 valence electrons. The second-order valence-corrected chi connectivity index (χ2v) is 4.20. The molecule has 10 heteroatoms. The number of aromatic nitrogens is 5. The van der Waals surface area contributed by atoms with Crippen molar-refractivity contribution in [3.8, 4) is 0 Å². The molecule has 19 heavy (non-hydrogen) atoms. The molecule has 0 aromatic carbocycles. The van der Waals surface area contributed by atoms with Gasteiger partial charge in [0.15, 0.2) is 11.5 Å². The van der Waals surface area contributed by atoms with E-state index >= 15 is 0 Å². The number of rotatable bonds is 2. The van der Waals surface area contributed by atoms with E-state index in [1.54, 1.807) is 0 Å². The lowest BCUT2D eigenvalue weighted by Gasteiger charge is -2.11. The van der Waals surface area contributed by atoms with Crippen LogP contribution in [0.3, 0.4) is 0 Å². The van der Waals surface area contributed by atoms with Crippen LogP contribution in [0.5, 0.6) is 0 Å². The topological polar surface area (TPSA) is 152 Å². The molecule has 1 saturated heterocycles. The van der Waals surface area contributed by atoms with Crippen LogP contribution in [0.1, 0.15) is 11.9 Å². The lowest BCUT2D eigenvalue weighted by atomic mass is 10.1. The summed E-state index contributed by atoms with van der Waals surface area (Å²) in [5.74, 6) is 0.201. The van der Waals surface area contributed by atoms with E-state index in [4.69, 9.17) is 15.6 Å².